The number of aliphatic hydroxyl groups is 4. The van der Waals surface area contributed by atoms with E-state index in [-0.39, 0.29) is 24.7 Å². The summed E-state index contributed by atoms with van der Waals surface area (Å²) in [4.78, 5) is 23.8. The predicted molar refractivity (Wildman–Crippen MR) is 123 cm³/mol. The topological polar surface area (TPSA) is 239 Å². The Hall–Kier alpha value is -3.61. The number of nitrogens with two attached hydrogens (primary N) is 2. The third-order valence-electron chi connectivity index (χ3n) is 6.17. The van der Waals surface area contributed by atoms with E-state index in [1.54, 1.807) is 0 Å². The summed E-state index contributed by atoms with van der Waals surface area (Å²) in [5, 5.41) is 37.7. The first kappa shape index (κ1) is 25.1. The van der Waals surface area contributed by atoms with Gasteiger partial charge in [-0.05, 0) is 0 Å². The van der Waals surface area contributed by atoms with E-state index >= 15 is 0 Å². The second-order valence-corrected chi connectivity index (χ2v) is 8.48. The van der Waals surface area contributed by atoms with Crippen LogP contribution in [0.25, 0.3) is 22.3 Å². The lowest BCUT2D eigenvalue weighted by Crippen LogP contribution is -2.33. The highest BCUT2D eigenvalue weighted by Crippen LogP contribution is 2.33. The number of halogens is 1. The molecule has 7 atom stereocenters. The molecule has 4 aromatic rings. The molecule has 0 bridgehead atoms. The van der Waals surface area contributed by atoms with E-state index < -0.39 is 49.7 Å². The summed E-state index contributed by atoms with van der Waals surface area (Å²) >= 11 is 0. The molecule has 6 rings (SSSR count). The summed E-state index contributed by atoms with van der Waals surface area (Å²) in [6, 6.07) is 0. The Morgan fingerprint density at radius 2 is 1.38 bits per heavy atom. The molecule has 0 amide bonds. The van der Waals surface area contributed by atoms with Gasteiger partial charge < -0.3 is 41.4 Å². The van der Waals surface area contributed by atoms with Crippen LogP contribution in [0.2, 0.25) is 0 Å². The summed E-state index contributed by atoms with van der Waals surface area (Å²) in [5.74, 6) is 0.460. The van der Waals surface area contributed by atoms with Crippen LogP contribution < -0.4 is 11.5 Å². The molecule has 37 heavy (non-hydrogen) atoms. The molecule has 4 aromatic heterocycles. The number of aliphatic hydroxyl groups excluding tert-OH is 4. The first-order chi connectivity index (χ1) is 17.8. The molecule has 17 heteroatoms. The average molecular weight is 520 g/mol. The van der Waals surface area contributed by atoms with Crippen molar-refractivity contribution in [2.24, 2.45) is 0 Å². The molecule has 8 N–H and O–H groups in total. The van der Waals surface area contributed by atoms with E-state index in [1.807, 2.05) is 0 Å². The molecule has 0 unspecified atom stereocenters. The number of nitrogens with zero attached hydrogens (tertiary/aromatic N) is 8. The largest absolute Gasteiger partial charge is 0.394 e. The van der Waals surface area contributed by atoms with Gasteiger partial charge in [-0.1, -0.05) is 0 Å². The SMILES string of the molecule is Nc1ncnc2c1ncn2[C@@H]1O[C@H](CO)C[C@@H]1F.Nc1ncnc2c1ncn2[C@@H]1O[C@H](CO)[C@@H](O)[C@H]1O. The van der Waals surface area contributed by atoms with Crippen molar-refractivity contribution < 1.29 is 34.3 Å². The van der Waals surface area contributed by atoms with Crippen LogP contribution in [0.3, 0.4) is 0 Å². The lowest BCUT2D eigenvalue weighted by molar-refractivity contribution is -0.0511. The summed E-state index contributed by atoms with van der Waals surface area (Å²) < 4.78 is 27.6. The monoisotopic (exact) mass is 520 g/mol. The van der Waals surface area contributed by atoms with Crippen molar-refractivity contribution >= 4 is 34.0 Å². The fourth-order valence-corrected chi connectivity index (χ4v) is 4.29. The molecular formula is C20H25FN10O6. The van der Waals surface area contributed by atoms with Crippen molar-refractivity contribution in [2.75, 3.05) is 24.7 Å². The van der Waals surface area contributed by atoms with Crippen LogP contribution in [0.1, 0.15) is 18.9 Å². The number of fused-ring (bicyclic) bond motifs is 2. The number of alkyl halides is 1. The highest BCUT2D eigenvalue weighted by Gasteiger charge is 2.44. The number of anilines is 2. The second kappa shape index (κ2) is 10.0. The fourth-order valence-electron chi connectivity index (χ4n) is 4.29. The standard InChI is InChI=1S/C10H12FN5O2.C10H13N5O4/c11-6-1-5(2-17)18-10(6)16-4-15-7-8(12)13-3-14-9(7)16;11-8-5-9(13-2-12-8)15(3-14-5)10-7(18)6(17)4(1-16)19-10/h3-6,10,17H,1-2H2,(H2,12,13,14);2-4,6-7,10,16-18H,1H2,(H2,11,12,13)/t5-,6-,10+;4-,6-,7-,10-/m01/s1. The number of ether oxygens (including phenoxy) is 2. The second-order valence-electron chi connectivity index (χ2n) is 8.48. The van der Waals surface area contributed by atoms with E-state index in [4.69, 9.17) is 31.2 Å². The summed E-state index contributed by atoms with van der Waals surface area (Å²) in [5.41, 5.74) is 12.9. The minimum Gasteiger partial charge on any atom is -0.394 e. The van der Waals surface area contributed by atoms with Gasteiger partial charge in [-0.2, -0.15) is 0 Å². The Morgan fingerprint density at radius 3 is 1.86 bits per heavy atom. The summed E-state index contributed by atoms with van der Waals surface area (Å²) in [6.07, 6.45) is -1.10. The van der Waals surface area contributed by atoms with Crippen LogP contribution >= 0.6 is 0 Å². The molecule has 198 valence electrons. The van der Waals surface area contributed by atoms with Crippen LogP contribution in [0.15, 0.2) is 25.3 Å². The smallest absolute Gasteiger partial charge is 0.168 e. The zero-order valence-corrected chi connectivity index (χ0v) is 19.2. The molecule has 6 heterocycles. The lowest BCUT2D eigenvalue weighted by atomic mass is 10.1. The van der Waals surface area contributed by atoms with Crippen molar-refractivity contribution in [3.05, 3.63) is 25.3 Å². The maximum Gasteiger partial charge on any atom is 0.168 e. The third-order valence-corrected chi connectivity index (χ3v) is 6.17. The van der Waals surface area contributed by atoms with Crippen molar-refractivity contribution in [1.82, 2.24) is 39.0 Å². The van der Waals surface area contributed by atoms with Crippen LogP contribution in [0.4, 0.5) is 16.0 Å². The minimum atomic E-state index is -1.21. The first-order valence-electron chi connectivity index (χ1n) is 11.2. The lowest BCUT2D eigenvalue weighted by Gasteiger charge is -2.16. The molecule has 2 aliphatic heterocycles. The maximum atomic E-state index is 13.9. The van der Waals surface area contributed by atoms with Crippen molar-refractivity contribution in [3.8, 4) is 0 Å². The molecule has 16 nitrogen and oxygen atoms in total. The summed E-state index contributed by atoms with van der Waals surface area (Å²) in [7, 11) is 0. The molecular weight excluding hydrogens is 495 g/mol. The number of nitrogen functional groups attached to an aromatic ring is 2. The molecule has 0 aliphatic carbocycles. The predicted octanol–water partition coefficient (Wildman–Crippen LogP) is -1.95. The Kier molecular flexibility index (Phi) is 6.80. The quantitative estimate of drug-likeness (QED) is 0.171. The van der Waals surface area contributed by atoms with Gasteiger partial charge in [0.15, 0.2) is 35.4 Å². The van der Waals surface area contributed by atoms with Gasteiger partial charge >= 0.3 is 0 Å². The van der Waals surface area contributed by atoms with Crippen molar-refractivity contribution in [2.45, 2.75) is 49.5 Å². The van der Waals surface area contributed by atoms with Crippen LogP contribution in [-0.4, -0.2) is 103 Å². The fraction of sp³-hybridized carbons (Fsp3) is 0.500. The zero-order chi connectivity index (χ0) is 26.3. The van der Waals surface area contributed by atoms with Gasteiger partial charge in [0.1, 0.15) is 48.2 Å². The first-order valence-corrected chi connectivity index (χ1v) is 11.2. The van der Waals surface area contributed by atoms with Gasteiger partial charge in [-0.3, -0.25) is 9.13 Å². The average Bonchev–Trinajstić information content (AvgIpc) is 3.66. The van der Waals surface area contributed by atoms with Gasteiger partial charge in [-0.25, -0.2) is 34.3 Å². The number of rotatable bonds is 4. The minimum absolute atomic E-state index is 0.154. The summed E-state index contributed by atoms with van der Waals surface area (Å²) in [6.45, 7) is -0.598. The number of hydrogen-bond donors (Lipinski definition) is 6. The third kappa shape index (κ3) is 4.41. The van der Waals surface area contributed by atoms with E-state index in [0.717, 1.165) is 0 Å². The van der Waals surface area contributed by atoms with E-state index in [1.165, 1.54) is 34.4 Å². The van der Waals surface area contributed by atoms with Gasteiger partial charge in [0, 0.05) is 6.42 Å². The number of hydrogen-bond acceptors (Lipinski definition) is 14. The van der Waals surface area contributed by atoms with Crippen LogP contribution in [0.5, 0.6) is 0 Å². The van der Waals surface area contributed by atoms with Gasteiger partial charge in [0.05, 0.1) is 32.0 Å². The van der Waals surface area contributed by atoms with Crippen LogP contribution in [0, 0.1) is 0 Å². The zero-order valence-electron chi connectivity index (χ0n) is 19.2. The van der Waals surface area contributed by atoms with Crippen LogP contribution in [-0.2, 0) is 9.47 Å². The number of aromatic nitrogens is 8. The van der Waals surface area contributed by atoms with Gasteiger partial charge in [0.2, 0.25) is 0 Å². The van der Waals surface area contributed by atoms with Gasteiger partial charge in [-0.15, -0.1) is 0 Å². The highest BCUT2D eigenvalue weighted by molar-refractivity contribution is 5.81. The Labute approximate surface area is 207 Å². The maximum absolute atomic E-state index is 13.9. The highest BCUT2D eigenvalue weighted by atomic mass is 19.1. The van der Waals surface area contributed by atoms with E-state index in [9.17, 15) is 14.6 Å². The normalized spacial score (nSPS) is 29.6. The molecule has 0 spiro atoms. The Bertz CT molecular complexity index is 1390. The van der Waals surface area contributed by atoms with Crippen molar-refractivity contribution in [3.63, 3.8) is 0 Å². The molecule has 2 saturated heterocycles. The Morgan fingerprint density at radius 1 is 0.811 bits per heavy atom. The molecule has 0 radical (unpaired) electrons. The molecule has 2 fully saturated rings. The van der Waals surface area contributed by atoms with Crippen molar-refractivity contribution in [1.29, 1.82) is 0 Å². The Balaban J connectivity index is 0.000000152. The van der Waals surface area contributed by atoms with E-state index in [2.05, 4.69) is 29.9 Å². The number of imidazole rings is 2. The van der Waals surface area contributed by atoms with E-state index in [0.29, 0.717) is 22.3 Å². The molecule has 0 saturated carbocycles. The van der Waals surface area contributed by atoms with Gasteiger partial charge in [0.25, 0.3) is 0 Å². The molecule has 2 aliphatic rings. The molecule has 0 aromatic carbocycles.